The molecular weight excluding hydrogens is 252 g/mol. The van der Waals surface area contributed by atoms with E-state index in [2.05, 4.69) is 55.4 Å². The molecule has 0 aromatic heterocycles. The van der Waals surface area contributed by atoms with Gasteiger partial charge in [-0.2, -0.15) is 0 Å². The maximum absolute atomic E-state index is 6.52. The van der Waals surface area contributed by atoms with Gasteiger partial charge in [0.05, 0.1) is 11.2 Å². The zero-order valence-electron chi connectivity index (χ0n) is 14.6. The van der Waals surface area contributed by atoms with Gasteiger partial charge >= 0.3 is 8.56 Å². The molecule has 0 saturated heterocycles. The molecule has 0 heterocycles. The van der Waals surface area contributed by atoms with Crippen molar-refractivity contribution in [3.63, 3.8) is 0 Å². The van der Waals surface area contributed by atoms with Gasteiger partial charge in [0.15, 0.2) is 0 Å². The van der Waals surface area contributed by atoms with E-state index >= 15 is 0 Å². The minimum absolute atomic E-state index is 0.112. The van der Waals surface area contributed by atoms with Crippen LogP contribution in [0.15, 0.2) is 0 Å². The van der Waals surface area contributed by atoms with Crippen molar-refractivity contribution in [1.82, 2.24) is 0 Å². The molecule has 0 radical (unpaired) electrons. The van der Waals surface area contributed by atoms with Crippen molar-refractivity contribution < 1.29 is 8.85 Å². The van der Waals surface area contributed by atoms with Crippen molar-refractivity contribution in [3.8, 4) is 0 Å². The van der Waals surface area contributed by atoms with Crippen LogP contribution in [-0.2, 0) is 8.85 Å². The average molecular weight is 289 g/mol. The Morgan fingerprint density at radius 3 is 1.21 bits per heavy atom. The predicted octanol–water partition coefficient (Wildman–Crippen LogP) is 5.66. The lowest BCUT2D eigenvalue weighted by atomic mass is 10.2. The van der Waals surface area contributed by atoms with Gasteiger partial charge in [0.1, 0.15) is 0 Å². The van der Waals surface area contributed by atoms with Crippen molar-refractivity contribution in [3.05, 3.63) is 0 Å². The summed E-state index contributed by atoms with van der Waals surface area (Å²) in [5.41, 5.74) is -0.224. The maximum atomic E-state index is 6.52. The molecule has 0 bridgehead atoms. The lowest BCUT2D eigenvalue weighted by Gasteiger charge is -2.41. The molecule has 0 unspecified atom stereocenters. The van der Waals surface area contributed by atoms with Gasteiger partial charge in [0, 0.05) is 0 Å². The highest BCUT2D eigenvalue weighted by Crippen LogP contribution is 2.32. The highest BCUT2D eigenvalue weighted by atomic mass is 28.4. The van der Waals surface area contributed by atoms with Crippen LogP contribution in [0, 0.1) is 0 Å². The molecule has 0 aromatic rings. The molecule has 19 heavy (non-hydrogen) atoms. The maximum Gasteiger partial charge on any atom is 0.338 e. The Morgan fingerprint density at radius 1 is 0.684 bits per heavy atom. The lowest BCUT2D eigenvalue weighted by molar-refractivity contribution is 0.0132. The SMILES string of the molecule is CCCC[Si](CCCC)(OC(C)(C)C)OC(C)(C)C. The smallest absolute Gasteiger partial charge is 0.338 e. The third-order valence-corrected chi connectivity index (χ3v) is 7.01. The Balaban J connectivity index is 5.06. The summed E-state index contributed by atoms with van der Waals surface area (Å²) >= 11 is 0. The van der Waals surface area contributed by atoms with E-state index in [0.717, 1.165) is 12.1 Å². The van der Waals surface area contributed by atoms with E-state index in [1.165, 1.54) is 25.7 Å². The molecule has 0 aliphatic carbocycles. The molecule has 0 fully saturated rings. The van der Waals surface area contributed by atoms with Crippen LogP contribution in [0.5, 0.6) is 0 Å². The van der Waals surface area contributed by atoms with Crippen molar-refractivity contribution >= 4 is 8.56 Å². The summed E-state index contributed by atoms with van der Waals surface area (Å²) < 4.78 is 13.0. The van der Waals surface area contributed by atoms with E-state index < -0.39 is 8.56 Å². The fourth-order valence-corrected chi connectivity index (χ4v) is 7.07. The highest BCUT2D eigenvalue weighted by molar-refractivity contribution is 6.67. The minimum Gasteiger partial charge on any atom is -0.389 e. The van der Waals surface area contributed by atoms with Gasteiger partial charge < -0.3 is 8.85 Å². The largest absolute Gasteiger partial charge is 0.389 e. The fraction of sp³-hybridized carbons (Fsp3) is 1.00. The normalized spacial score (nSPS) is 13.9. The van der Waals surface area contributed by atoms with E-state index in [4.69, 9.17) is 8.85 Å². The van der Waals surface area contributed by atoms with Crippen LogP contribution >= 0.6 is 0 Å². The van der Waals surface area contributed by atoms with Crippen LogP contribution in [0.1, 0.15) is 81.1 Å². The number of unbranched alkanes of at least 4 members (excludes halogenated alkanes) is 2. The number of rotatable bonds is 8. The molecule has 0 rings (SSSR count). The molecule has 2 nitrogen and oxygen atoms in total. The zero-order valence-corrected chi connectivity index (χ0v) is 15.6. The van der Waals surface area contributed by atoms with Gasteiger partial charge in [-0.1, -0.05) is 39.5 Å². The summed E-state index contributed by atoms with van der Waals surface area (Å²) in [7, 11) is -2.11. The van der Waals surface area contributed by atoms with Crippen LogP contribution < -0.4 is 0 Å². The quantitative estimate of drug-likeness (QED) is 0.537. The zero-order chi connectivity index (χ0) is 15.2. The molecule has 0 N–H and O–H groups in total. The molecule has 0 spiro atoms. The summed E-state index contributed by atoms with van der Waals surface area (Å²) in [6.07, 6.45) is 4.84. The second-order valence-corrected chi connectivity index (χ2v) is 10.8. The second kappa shape index (κ2) is 7.80. The van der Waals surface area contributed by atoms with Crippen molar-refractivity contribution in [2.75, 3.05) is 0 Å². The summed E-state index contributed by atoms with van der Waals surface area (Å²) in [6.45, 7) is 17.4. The van der Waals surface area contributed by atoms with Gasteiger partial charge in [-0.25, -0.2) is 0 Å². The van der Waals surface area contributed by atoms with Crippen LogP contribution in [-0.4, -0.2) is 19.8 Å². The summed E-state index contributed by atoms with van der Waals surface area (Å²) in [4.78, 5) is 0. The third-order valence-electron chi connectivity index (χ3n) is 2.81. The van der Waals surface area contributed by atoms with E-state index in [0.29, 0.717) is 0 Å². The fourth-order valence-electron chi connectivity index (χ4n) is 2.36. The minimum atomic E-state index is -2.11. The predicted molar refractivity (Wildman–Crippen MR) is 86.9 cm³/mol. The number of hydrogen-bond acceptors (Lipinski definition) is 2. The first kappa shape index (κ1) is 19.1. The standard InChI is InChI=1S/C16H36O2Si/c1-9-11-13-19(14-12-10-2,17-15(3,4)5)18-16(6,7)8/h9-14H2,1-8H3. The Bertz CT molecular complexity index is 212. The van der Waals surface area contributed by atoms with Gasteiger partial charge in [-0.05, 0) is 53.6 Å². The van der Waals surface area contributed by atoms with E-state index in [1.807, 2.05) is 0 Å². The van der Waals surface area contributed by atoms with Crippen molar-refractivity contribution in [2.24, 2.45) is 0 Å². The molecule has 0 saturated carbocycles. The molecule has 0 atom stereocenters. The molecule has 116 valence electrons. The third kappa shape index (κ3) is 9.64. The molecule has 3 heteroatoms. The van der Waals surface area contributed by atoms with Crippen LogP contribution in [0.2, 0.25) is 12.1 Å². The first-order valence-electron chi connectivity index (χ1n) is 7.94. The lowest BCUT2D eigenvalue weighted by Crippen LogP contribution is -2.51. The molecule has 0 aliphatic rings. The average Bonchev–Trinajstić information content (AvgIpc) is 2.19. The molecule has 0 amide bonds. The van der Waals surface area contributed by atoms with Crippen LogP contribution in [0.4, 0.5) is 0 Å². The Labute approximate surface area is 122 Å². The Morgan fingerprint density at radius 2 is 1.00 bits per heavy atom. The highest BCUT2D eigenvalue weighted by Gasteiger charge is 2.42. The van der Waals surface area contributed by atoms with Crippen LogP contribution in [0.3, 0.4) is 0 Å². The van der Waals surface area contributed by atoms with E-state index in [9.17, 15) is 0 Å². The first-order valence-corrected chi connectivity index (χ1v) is 10.2. The van der Waals surface area contributed by atoms with Gasteiger partial charge in [0.2, 0.25) is 0 Å². The summed E-state index contributed by atoms with van der Waals surface area (Å²) in [5, 5.41) is 0. The number of hydrogen-bond donors (Lipinski definition) is 0. The summed E-state index contributed by atoms with van der Waals surface area (Å²) in [6, 6.07) is 2.25. The van der Waals surface area contributed by atoms with E-state index in [1.54, 1.807) is 0 Å². The first-order chi connectivity index (χ1) is 8.54. The summed E-state index contributed by atoms with van der Waals surface area (Å²) in [5.74, 6) is 0. The van der Waals surface area contributed by atoms with Gasteiger partial charge in [-0.3, -0.25) is 0 Å². The van der Waals surface area contributed by atoms with Crippen molar-refractivity contribution in [1.29, 1.82) is 0 Å². The molecule has 0 aliphatic heterocycles. The second-order valence-electron chi connectivity index (χ2n) is 7.55. The molecular formula is C16H36O2Si. The Kier molecular flexibility index (Phi) is 7.85. The Hall–Kier alpha value is 0.137. The van der Waals surface area contributed by atoms with Gasteiger partial charge in [0.25, 0.3) is 0 Å². The monoisotopic (exact) mass is 288 g/mol. The molecule has 0 aromatic carbocycles. The van der Waals surface area contributed by atoms with Gasteiger partial charge in [-0.15, -0.1) is 0 Å². The van der Waals surface area contributed by atoms with E-state index in [-0.39, 0.29) is 11.2 Å². The van der Waals surface area contributed by atoms with Crippen molar-refractivity contribution in [2.45, 2.75) is 104 Å². The topological polar surface area (TPSA) is 18.5 Å². The van der Waals surface area contributed by atoms with Crippen LogP contribution in [0.25, 0.3) is 0 Å².